The molecule has 0 saturated carbocycles. The molecule has 0 fully saturated rings. The topological polar surface area (TPSA) is 40.6 Å². The molecule has 5 heteroatoms. The summed E-state index contributed by atoms with van der Waals surface area (Å²) in [5.74, 6) is -1.08. The highest BCUT2D eigenvalue weighted by Crippen LogP contribution is 2.36. The van der Waals surface area contributed by atoms with Crippen molar-refractivity contribution in [1.82, 2.24) is 0 Å². The van der Waals surface area contributed by atoms with Crippen LogP contribution in [0.3, 0.4) is 0 Å². The van der Waals surface area contributed by atoms with Crippen molar-refractivity contribution in [2.75, 3.05) is 16.3 Å². The van der Waals surface area contributed by atoms with E-state index in [0.717, 1.165) is 0 Å². The lowest BCUT2D eigenvalue weighted by Crippen LogP contribution is -2.38. The number of hydrogen-bond donors (Lipinski definition) is 0. The molecule has 0 N–H and O–H groups in total. The van der Waals surface area contributed by atoms with Crippen LogP contribution < -0.4 is 9.80 Å². The molecule has 0 aliphatic carbocycles. The number of fused-ring (bicyclic) bond motifs is 1. The lowest BCUT2D eigenvalue weighted by molar-refractivity contribution is -0.121. The molecule has 146 valence electrons. The Morgan fingerprint density at radius 3 is 2.28 bits per heavy atom. The van der Waals surface area contributed by atoms with E-state index in [-0.39, 0.29) is 30.7 Å². The minimum Gasteiger partial charge on any atom is -0.306 e. The first-order valence-electron chi connectivity index (χ1n) is 9.57. The molecule has 0 saturated heterocycles. The van der Waals surface area contributed by atoms with Crippen LogP contribution in [0.2, 0.25) is 0 Å². The van der Waals surface area contributed by atoms with Gasteiger partial charge in [0.2, 0.25) is 5.91 Å². The molecule has 1 aliphatic heterocycles. The smallest absolute Gasteiger partial charge is 0.258 e. The van der Waals surface area contributed by atoms with Crippen molar-refractivity contribution in [3.63, 3.8) is 0 Å². The van der Waals surface area contributed by atoms with Gasteiger partial charge in [0.1, 0.15) is 5.82 Å². The average molecular weight is 388 g/mol. The number of nitrogens with zero attached hydrogens (tertiary/aromatic N) is 2. The second kappa shape index (κ2) is 7.87. The maximum atomic E-state index is 14.3. The van der Waals surface area contributed by atoms with Gasteiger partial charge >= 0.3 is 0 Å². The summed E-state index contributed by atoms with van der Waals surface area (Å²) in [5, 5.41) is 0. The Kier molecular flexibility index (Phi) is 5.12. The van der Waals surface area contributed by atoms with Gasteiger partial charge in [-0.15, -0.1) is 0 Å². The van der Waals surface area contributed by atoms with Gasteiger partial charge in [-0.25, -0.2) is 4.39 Å². The molecule has 4 rings (SSSR count). The number of amides is 2. The van der Waals surface area contributed by atoms with E-state index in [1.54, 1.807) is 53.1 Å². The second-order valence-corrected chi connectivity index (χ2v) is 7.19. The SMILES string of the molecule is CC1CN(C(=O)c2ccccc2)c2ccccc2N(Cc2ccccc2F)C1=O. The van der Waals surface area contributed by atoms with E-state index in [9.17, 15) is 14.0 Å². The van der Waals surface area contributed by atoms with Gasteiger partial charge in [-0.1, -0.05) is 55.5 Å². The molecule has 1 heterocycles. The number of carbonyl (C=O) groups excluding carboxylic acids is 2. The van der Waals surface area contributed by atoms with E-state index in [2.05, 4.69) is 0 Å². The Balaban J connectivity index is 1.78. The van der Waals surface area contributed by atoms with Crippen LogP contribution in [0.4, 0.5) is 15.8 Å². The van der Waals surface area contributed by atoms with Crippen molar-refractivity contribution in [2.45, 2.75) is 13.5 Å². The molecule has 2 amide bonds. The Morgan fingerprint density at radius 2 is 1.55 bits per heavy atom. The van der Waals surface area contributed by atoms with Crippen molar-refractivity contribution >= 4 is 23.2 Å². The third kappa shape index (κ3) is 3.63. The van der Waals surface area contributed by atoms with Crippen LogP contribution in [-0.2, 0) is 11.3 Å². The number of carbonyl (C=O) groups is 2. The number of para-hydroxylation sites is 2. The van der Waals surface area contributed by atoms with Gasteiger partial charge in [0.15, 0.2) is 0 Å². The van der Waals surface area contributed by atoms with Gasteiger partial charge in [0, 0.05) is 17.7 Å². The van der Waals surface area contributed by atoms with Crippen LogP contribution in [0, 0.1) is 11.7 Å². The first-order chi connectivity index (χ1) is 14.1. The number of benzene rings is 3. The lowest BCUT2D eigenvalue weighted by Gasteiger charge is -2.25. The minimum absolute atomic E-state index is 0.111. The van der Waals surface area contributed by atoms with Crippen LogP contribution >= 0.6 is 0 Å². The molecule has 3 aromatic carbocycles. The third-order valence-electron chi connectivity index (χ3n) is 5.16. The zero-order valence-corrected chi connectivity index (χ0v) is 16.1. The van der Waals surface area contributed by atoms with Gasteiger partial charge in [-0.05, 0) is 30.3 Å². The predicted octanol–water partition coefficient (Wildman–Crippen LogP) is 4.66. The van der Waals surface area contributed by atoms with E-state index in [1.165, 1.54) is 6.07 Å². The van der Waals surface area contributed by atoms with E-state index in [4.69, 9.17) is 0 Å². The van der Waals surface area contributed by atoms with Crippen LogP contribution in [0.5, 0.6) is 0 Å². The van der Waals surface area contributed by atoms with E-state index < -0.39 is 5.92 Å². The highest BCUT2D eigenvalue weighted by Gasteiger charge is 2.34. The number of anilines is 2. The molecule has 0 bridgehead atoms. The first kappa shape index (κ1) is 18.9. The number of halogens is 1. The number of rotatable bonds is 3. The van der Waals surface area contributed by atoms with Crippen molar-refractivity contribution in [1.29, 1.82) is 0 Å². The summed E-state index contributed by atoms with van der Waals surface area (Å²) in [4.78, 5) is 29.6. The second-order valence-electron chi connectivity index (χ2n) is 7.19. The normalized spacial score (nSPS) is 16.3. The van der Waals surface area contributed by atoms with Gasteiger partial charge in [0.05, 0.1) is 23.8 Å². The van der Waals surface area contributed by atoms with Gasteiger partial charge in [0.25, 0.3) is 5.91 Å². The van der Waals surface area contributed by atoms with Crippen LogP contribution in [0.1, 0.15) is 22.8 Å². The standard InChI is InChI=1S/C24H21FN2O2/c1-17-15-26(24(29)18-9-3-2-4-10-18)21-13-7-8-14-22(21)27(23(17)28)16-19-11-5-6-12-20(19)25/h2-14,17H,15-16H2,1H3. The van der Waals surface area contributed by atoms with Crippen LogP contribution in [0.25, 0.3) is 0 Å². The summed E-state index contributed by atoms with van der Waals surface area (Å²) in [7, 11) is 0. The monoisotopic (exact) mass is 388 g/mol. The fourth-order valence-electron chi connectivity index (χ4n) is 3.64. The molecule has 4 nitrogen and oxygen atoms in total. The number of hydrogen-bond acceptors (Lipinski definition) is 2. The maximum absolute atomic E-state index is 14.3. The van der Waals surface area contributed by atoms with Crippen LogP contribution in [0.15, 0.2) is 78.9 Å². The summed E-state index contributed by atoms with van der Waals surface area (Å²) >= 11 is 0. The molecular weight excluding hydrogens is 367 g/mol. The molecular formula is C24H21FN2O2. The van der Waals surface area contributed by atoms with Crippen molar-refractivity contribution < 1.29 is 14.0 Å². The van der Waals surface area contributed by atoms with Crippen molar-refractivity contribution in [3.05, 3.63) is 95.8 Å². The molecule has 3 aromatic rings. The zero-order valence-electron chi connectivity index (χ0n) is 16.1. The summed E-state index contributed by atoms with van der Waals surface area (Å²) in [6.07, 6.45) is 0. The Labute approximate surface area is 169 Å². The highest BCUT2D eigenvalue weighted by molar-refractivity contribution is 6.11. The maximum Gasteiger partial charge on any atom is 0.258 e. The van der Waals surface area contributed by atoms with Crippen molar-refractivity contribution in [3.8, 4) is 0 Å². The summed E-state index contributed by atoms with van der Waals surface area (Å²) in [5.41, 5.74) is 2.25. The average Bonchev–Trinajstić information content (AvgIpc) is 2.86. The lowest BCUT2D eigenvalue weighted by atomic mass is 10.1. The molecule has 0 aromatic heterocycles. The molecule has 0 spiro atoms. The fourth-order valence-corrected chi connectivity index (χ4v) is 3.64. The van der Waals surface area contributed by atoms with Gasteiger partial charge < -0.3 is 9.80 Å². The Bertz CT molecular complexity index is 1050. The first-order valence-corrected chi connectivity index (χ1v) is 9.57. The quantitative estimate of drug-likeness (QED) is 0.655. The van der Waals surface area contributed by atoms with Gasteiger partial charge in [-0.2, -0.15) is 0 Å². The minimum atomic E-state index is -0.429. The van der Waals surface area contributed by atoms with E-state index >= 15 is 0 Å². The Morgan fingerprint density at radius 1 is 0.931 bits per heavy atom. The summed E-state index contributed by atoms with van der Waals surface area (Å²) in [6, 6.07) is 22.7. The molecule has 0 radical (unpaired) electrons. The summed E-state index contributed by atoms with van der Waals surface area (Å²) < 4.78 is 14.3. The highest BCUT2D eigenvalue weighted by atomic mass is 19.1. The molecule has 1 aliphatic rings. The van der Waals surface area contributed by atoms with E-state index in [0.29, 0.717) is 22.5 Å². The third-order valence-corrected chi connectivity index (χ3v) is 5.16. The van der Waals surface area contributed by atoms with E-state index in [1.807, 2.05) is 36.4 Å². The molecule has 1 unspecified atom stereocenters. The fraction of sp³-hybridized carbons (Fsp3) is 0.167. The zero-order chi connectivity index (χ0) is 20.4. The molecule has 1 atom stereocenters. The summed E-state index contributed by atoms with van der Waals surface area (Å²) in [6.45, 7) is 2.17. The predicted molar refractivity (Wildman–Crippen MR) is 111 cm³/mol. The van der Waals surface area contributed by atoms with Gasteiger partial charge in [-0.3, -0.25) is 9.59 Å². The Hall–Kier alpha value is -3.47. The van der Waals surface area contributed by atoms with Crippen LogP contribution in [-0.4, -0.2) is 18.4 Å². The largest absolute Gasteiger partial charge is 0.306 e. The van der Waals surface area contributed by atoms with Crippen molar-refractivity contribution in [2.24, 2.45) is 5.92 Å². The molecule has 29 heavy (non-hydrogen) atoms.